The summed E-state index contributed by atoms with van der Waals surface area (Å²) >= 11 is 3.27. The van der Waals surface area contributed by atoms with Gasteiger partial charge in [0, 0.05) is 15.9 Å². The van der Waals surface area contributed by atoms with Gasteiger partial charge in [-0.2, -0.15) is 0 Å². The maximum atomic E-state index is 14.5. The first-order valence-corrected chi connectivity index (χ1v) is 10.6. The van der Waals surface area contributed by atoms with Crippen molar-refractivity contribution in [2.45, 2.75) is 27.3 Å². The summed E-state index contributed by atoms with van der Waals surface area (Å²) < 4.78 is 17.0. The van der Waals surface area contributed by atoms with Crippen molar-refractivity contribution in [3.8, 4) is 5.69 Å². The number of aromatic nitrogens is 1. The summed E-state index contributed by atoms with van der Waals surface area (Å²) in [6.45, 7) is 5.89. The summed E-state index contributed by atoms with van der Waals surface area (Å²) in [5, 5.41) is 2.66. The number of rotatable bonds is 4. The van der Waals surface area contributed by atoms with Gasteiger partial charge in [-0.3, -0.25) is 9.69 Å². The molecule has 1 aliphatic rings. The third-order valence-corrected chi connectivity index (χ3v) is 5.80. The molecule has 3 amide bonds. The van der Waals surface area contributed by atoms with Gasteiger partial charge < -0.3 is 9.88 Å². The van der Waals surface area contributed by atoms with Gasteiger partial charge in [0.1, 0.15) is 11.5 Å². The Balaban J connectivity index is 1.65. The Kier molecular flexibility index (Phi) is 5.54. The third-order valence-electron chi connectivity index (χ3n) is 5.31. The van der Waals surface area contributed by atoms with E-state index >= 15 is 0 Å². The highest BCUT2D eigenvalue weighted by Crippen LogP contribution is 2.27. The number of nitrogens with zero attached hydrogens (tertiary/aromatic N) is 2. The molecule has 0 atom stereocenters. The molecule has 4 rings (SSSR count). The van der Waals surface area contributed by atoms with E-state index in [0.29, 0.717) is 10.2 Å². The molecule has 2 heterocycles. The predicted octanol–water partition coefficient (Wildman–Crippen LogP) is 5.40. The Morgan fingerprint density at radius 2 is 1.84 bits per heavy atom. The summed E-state index contributed by atoms with van der Waals surface area (Å²) in [5.41, 5.74) is 4.90. The molecule has 0 aliphatic carbocycles. The first kappa shape index (κ1) is 21.1. The van der Waals surface area contributed by atoms with Crippen molar-refractivity contribution in [3.05, 3.63) is 92.6 Å². The molecule has 1 fully saturated rings. The van der Waals surface area contributed by atoms with Gasteiger partial charge >= 0.3 is 6.03 Å². The molecule has 0 saturated carbocycles. The van der Waals surface area contributed by atoms with Crippen LogP contribution in [0.3, 0.4) is 0 Å². The summed E-state index contributed by atoms with van der Waals surface area (Å²) in [5.74, 6) is -0.740. The third kappa shape index (κ3) is 4.05. The van der Waals surface area contributed by atoms with E-state index in [-0.39, 0.29) is 24.0 Å². The molecule has 158 valence electrons. The second-order valence-corrected chi connectivity index (χ2v) is 8.54. The Morgan fingerprint density at radius 3 is 2.55 bits per heavy atom. The summed E-state index contributed by atoms with van der Waals surface area (Å²) in [7, 11) is 0. The quantitative estimate of drug-likeness (QED) is 0.400. The van der Waals surface area contributed by atoms with Gasteiger partial charge in [-0.25, -0.2) is 9.18 Å². The number of aryl methyl sites for hydroxylation is 2. The van der Waals surface area contributed by atoms with Crippen molar-refractivity contribution in [3.63, 3.8) is 0 Å². The van der Waals surface area contributed by atoms with E-state index in [1.807, 2.05) is 51.1 Å². The molecular formula is C24H21BrFN3O2. The predicted molar refractivity (Wildman–Crippen MR) is 121 cm³/mol. The zero-order chi connectivity index (χ0) is 22.3. The number of carbonyl (C=O) groups is 2. The molecule has 1 aliphatic heterocycles. The van der Waals surface area contributed by atoms with Crippen LogP contribution in [0.15, 0.2) is 58.7 Å². The molecule has 5 nitrogen and oxygen atoms in total. The van der Waals surface area contributed by atoms with Crippen LogP contribution in [0.5, 0.6) is 0 Å². The molecular weight excluding hydrogens is 461 g/mol. The zero-order valence-electron chi connectivity index (χ0n) is 17.4. The minimum atomic E-state index is -0.453. The number of carbonyl (C=O) groups excluding carboxylic acids is 2. The van der Waals surface area contributed by atoms with E-state index in [1.165, 1.54) is 11.0 Å². The SMILES string of the molecule is Cc1cccc(CN2C(=O)N/C(=C/c3cc(C)n(-c4ccc(Br)cc4F)c3C)C2=O)c1. The molecule has 1 N–H and O–H groups in total. The summed E-state index contributed by atoms with van der Waals surface area (Å²) in [6, 6.07) is 14.0. The molecule has 7 heteroatoms. The Hall–Kier alpha value is -3.19. The Labute approximate surface area is 188 Å². The molecule has 3 aromatic rings. The van der Waals surface area contributed by atoms with Gasteiger partial charge in [-0.15, -0.1) is 0 Å². The minimum Gasteiger partial charge on any atom is -0.315 e. The molecule has 1 saturated heterocycles. The van der Waals surface area contributed by atoms with Crippen LogP contribution < -0.4 is 5.32 Å². The van der Waals surface area contributed by atoms with Gasteiger partial charge in [-0.05, 0) is 62.2 Å². The van der Waals surface area contributed by atoms with E-state index in [0.717, 1.165) is 28.1 Å². The van der Waals surface area contributed by atoms with Crippen molar-refractivity contribution >= 4 is 33.9 Å². The highest BCUT2D eigenvalue weighted by atomic mass is 79.9. The summed E-state index contributed by atoms with van der Waals surface area (Å²) in [6.07, 6.45) is 1.64. The number of halogens is 2. The van der Waals surface area contributed by atoms with Gasteiger partial charge in [0.25, 0.3) is 5.91 Å². The number of hydrogen-bond donors (Lipinski definition) is 1. The number of hydrogen-bond acceptors (Lipinski definition) is 2. The van der Waals surface area contributed by atoms with Crippen LogP contribution in [0.4, 0.5) is 9.18 Å². The van der Waals surface area contributed by atoms with E-state index in [2.05, 4.69) is 21.2 Å². The minimum absolute atomic E-state index is 0.201. The highest BCUT2D eigenvalue weighted by Gasteiger charge is 2.33. The Morgan fingerprint density at radius 1 is 1.06 bits per heavy atom. The van der Waals surface area contributed by atoms with Crippen molar-refractivity contribution in [1.29, 1.82) is 0 Å². The van der Waals surface area contributed by atoms with Gasteiger partial charge in [0.15, 0.2) is 0 Å². The molecule has 0 unspecified atom stereocenters. The fourth-order valence-electron chi connectivity index (χ4n) is 3.83. The van der Waals surface area contributed by atoms with Crippen molar-refractivity contribution < 1.29 is 14.0 Å². The standard InChI is InChI=1S/C24H21BrFN3O2/c1-14-5-4-6-17(9-14)13-28-23(30)21(27-24(28)31)11-18-10-15(2)29(16(18)3)22-8-7-19(25)12-20(22)26/h4-12H,13H2,1-3H3,(H,27,31)/b21-11+. The van der Waals surface area contributed by atoms with Gasteiger partial charge in [-0.1, -0.05) is 45.8 Å². The van der Waals surface area contributed by atoms with E-state index < -0.39 is 6.03 Å². The highest BCUT2D eigenvalue weighted by molar-refractivity contribution is 9.10. The number of amides is 3. The average Bonchev–Trinajstić information content (AvgIpc) is 3.12. The van der Waals surface area contributed by atoms with Gasteiger partial charge in [0.2, 0.25) is 0 Å². The molecule has 0 bridgehead atoms. The first-order valence-electron chi connectivity index (χ1n) is 9.79. The molecule has 0 spiro atoms. The number of nitrogens with one attached hydrogen (secondary N) is 1. The van der Waals surface area contributed by atoms with Crippen LogP contribution >= 0.6 is 15.9 Å². The maximum absolute atomic E-state index is 14.5. The fourth-order valence-corrected chi connectivity index (χ4v) is 4.16. The lowest BCUT2D eigenvalue weighted by atomic mass is 10.1. The molecule has 1 aromatic heterocycles. The topological polar surface area (TPSA) is 54.3 Å². The van der Waals surface area contributed by atoms with Crippen LogP contribution in [0, 0.1) is 26.6 Å². The van der Waals surface area contributed by atoms with Gasteiger partial charge in [0.05, 0.1) is 12.2 Å². The molecule has 2 aromatic carbocycles. The molecule has 0 radical (unpaired) electrons. The first-order chi connectivity index (χ1) is 14.7. The van der Waals surface area contributed by atoms with Crippen LogP contribution in [0.1, 0.15) is 28.1 Å². The molecule has 31 heavy (non-hydrogen) atoms. The van der Waals surface area contributed by atoms with Crippen LogP contribution in [-0.4, -0.2) is 21.4 Å². The van der Waals surface area contributed by atoms with E-state index in [4.69, 9.17) is 0 Å². The lowest BCUT2D eigenvalue weighted by Gasteiger charge is -2.12. The summed E-state index contributed by atoms with van der Waals surface area (Å²) in [4.78, 5) is 26.5. The normalized spacial score (nSPS) is 15.1. The van der Waals surface area contributed by atoms with Crippen LogP contribution in [0.25, 0.3) is 11.8 Å². The lowest BCUT2D eigenvalue weighted by molar-refractivity contribution is -0.123. The van der Waals surface area contributed by atoms with E-state index in [1.54, 1.807) is 22.8 Å². The lowest BCUT2D eigenvalue weighted by Crippen LogP contribution is -2.30. The monoisotopic (exact) mass is 481 g/mol. The number of urea groups is 1. The van der Waals surface area contributed by atoms with Crippen molar-refractivity contribution in [1.82, 2.24) is 14.8 Å². The average molecular weight is 482 g/mol. The second kappa shape index (κ2) is 8.15. The maximum Gasteiger partial charge on any atom is 0.329 e. The Bertz CT molecular complexity index is 1250. The van der Waals surface area contributed by atoms with E-state index in [9.17, 15) is 14.0 Å². The smallest absolute Gasteiger partial charge is 0.315 e. The fraction of sp³-hybridized carbons (Fsp3) is 0.167. The largest absolute Gasteiger partial charge is 0.329 e. The second-order valence-electron chi connectivity index (χ2n) is 7.63. The zero-order valence-corrected chi connectivity index (χ0v) is 19.0. The van der Waals surface area contributed by atoms with Crippen molar-refractivity contribution in [2.75, 3.05) is 0 Å². The van der Waals surface area contributed by atoms with Crippen LogP contribution in [0.2, 0.25) is 0 Å². The van der Waals surface area contributed by atoms with Crippen LogP contribution in [-0.2, 0) is 11.3 Å². The number of benzene rings is 2. The number of imide groups is 1. The van der Waals surface area contributed by atoms with Crippen molar-refractivity contribution in [2.24, 2.45) is 0 Å².